The SMILES string of the molecule is CCCCCOc1ccc(/C=N\NC(=O)[C@H]2COc3ccccc3O2)cc1. The first kappa shape index (κ1) is 18.8. The van der Waals surface area contributed by atoms with Gasteiger partial charge < -0.3 is 14.2 Å². The fourth-order valence-corrected chi connectivity index (χ4v) is 2.58. The summed E-state index contributed by atoms with van der Waals surface area (Å²) in [6.07, 6.45) is 4.26. The van der Waals surface area contributed by atoms with Gasteiger partial charge in [-0.25, -0.2) is 5.43 Å². The van der Waals surface area contributed by atoms with Gasteiger partial charge in [0.15, 0.2) is 11.5 Å². The van der Waals surface area contributed by atoms with E-state index >= 15 is 0 Å². The Kier molecular flexibility index (Phi) is 6.68. The van der Waals surface area contributed by atoms with Crippen LogP contribution in [-0.4, -0.2) is 31.4 Å². The Hall–Kier alpha value is -3.02. The van der Waals surface area contributed by atoms with Gasteiger partial charge in [0, 0.05) is 0 Å². The molecule has 0 saturated carbocycles. The molecule has 0 unspecified atom stereocenters. The van der Waals surface area contributed by atoms with E-state index in [4.69, 9.17) is 14.2 Å². The van der Waals surface area contributed by atoms with Crippen LogP contribution < -0.4 is 19.6 Å². The van der Waals surface area contributed by atoms with Crippen LogP contribution in [0, 0.1) is 0 Å². The number of fused-ring (bicyclic) bond motifs is 1. The van der Waals surface area contributed by atoms with Gasteiger partial charge in [0.2, 0.25) is 6.10 Å². The van der Waals surface area contributed by atoms with Crippen molar-refractivity contribution in [1.82, 2.24) is 5.43 Å². The number of carbonyl (C=O) groups is 1. The van der Waals surface area contributed by atoms with Crippen LogP contribution in [0.5, 0.6) is 17.2 Å². The van der Waals surface area contributed by atoms with E-state index in [-0.39, 0.29) is 12.5 Å². The minimum atomic E-state index is -0.726. The zero-order valence-corrected chi connectivity index (χ0v) is 15.4. The van der Waals surface area contributed by atoms with Crippen LogP contribution in [0.2, 0.25) is 0 Å². The molecule has 1 aliphatic rings. The Labute approximate surface area is 159 Å². The Bertz CT molecular complexity index is 774. The highest BCUT2D eigenvalue weighted by atomic mass is 16.6. The topological polar surface area (TPSA) is 69.2 Å². The average molecular weight is 368 g/mol. The van der Waals surface area contributed by atoms with Gasteiger partial charge in [0.05, 0.1) is 12.8 Å². The molecule has 6 heteroatoms. The van der Waals surface area contributed by atoms with E-state index in [1.165, 1.54) is 12.8 Å². The minimum Gasteiger partial charge on any atom is -0.494 e. The van der Waals surface area contributed by atoms with Crippen molar-refractivity contribution in [2.45, 2.75) is 32.3 Å². The summed E-state index contributed by atoms with van der Waals surface area (Å²) in [7, 11) is 0. The molecular weight excluding hydrogens is 344 g/mol. The number of benzene rings is 2. The highest BCUT2D eigenvalue weighted by molar-refractivity contribution is 5.85. The quantitative estimate of drug-likeness (QED) is 0.440. The molecule has 0 fully saturated rings. The lowest BCUT2D eigenvalue weighted by Crippen LogP contribution is -2.42. The number of hydrazone groups is 1. The molecule has 0 aliphatic carbocycles. The van der Waals surface area contributed by atoms with Gasteiger partial charge in [0.1, 0.15) is 12.4 Å². The van der Waals surface area contributed by atoms with Crippen LogP contribution in [0.4, 0.5) is 0 Å². The molecule has 2 aromatic carbocycles. The van der Waals surface area contributed by atoms with Gasteiger partial charge in [-0.2, -0.15) is 5.10 Å². The number of ether oxygens (including phenoxy) is 3. The molecule has 1 atom stereocenters. The third-order valence-electron chi connectivity index (χ3n) is 4.09. The Morgan fingerprint density at radius 3 is 2.74 bits per heavy atom. The lowest BCUT2D eigenvalue weighted by atomic mass is 10.2. The molecule has 2 aromatic rings. The molecule has 0 saturated heterocycles. The van der Waals surface area contributed by atoms with Gasteiger partial charge in [-0.05, 0) is 48.4 Å². The highest BCUT2D eigenvalue weighted by Crippen LogP contribution is 2.30. The van der Waals surface area contributed by atoms with Crippen molar-refractivity contribution in [1.29, 1.82) is 0 Å². The summed E-state index contributed by atoms with van der Waals surface area (Å²) in [6.45, 7) is 3.05. The molecule has 0 radical (unpaired) electrons. The first-order chi connectivity index (χ1) is 13.3. The molecule has 1 heterocycles. The number of rotatable bonds is 8. The number of unbranched alkanes of at least 4 members (excludes halogenated alkanes) is 2. The van der Waals surface area contributed by atoms with Crippen molar-refractivity contribution in [3.63, 3.8) is 0 Å². The first-order valence-electron chi connectivity index (χ1n) is 9.20. The normalized spacial score (nSPS) is 15.5. The fourth-order valence-electron chi connectivity index (χ4n) is 2.58. The number of para-hydroxylation sites is 2. The molecular formula is C21H24N2O4. The summed E-state index contributed by atoms with van der Waals surface area (Å²) < 4.78 is 16.8. The number of nitrogens with one attached hydrogen (secondary N) is 1. The standard InChI is InChI=1S/C21H24N2O4/c1-2-3-6-13-25-17-11-9-16(10-12-17)14-22-23-21(24)20-15-26-18-7-4-5-8-19(18)27-20/h4-5,7-12,14,20H,2-3,6,13,15H2,1H3,(H,23,24)/b22-14-/t20-/m1/s1. The Balaban J connectivity index is 1.45. The Morgan fingerprint density at radius 1 is 1.19 bits per heavy atom. The summed E-state index contributed by atoms with van der Waals surface area (Å²) in [6, 6.07) is 14.8. The molecule has 1 aliphatic heterocycles. The van der Waals surface area contributed by atoms with Crippen molar-refractivity contribution in [3.8, 4) is 17.2 Å². The first-order valence-corrected chi connectivity index (χ1v) is 9.20. The van der Waals surface area contributed by atoms with Gasteiger partial charge in [-0.3, -0.25) is 4.79 Å². The van der Waals surface area contributed by atoms with Gasteiger partial charge >= 0.3 is 0 Å². The van der Waals surface area contributed by atoms with E-state index in [0.29, 0.717) is 11.5 Å². The summed E-state index contributed by atoms with van der Waals surface area (Å²) >= 11 is 0. The zero-order chi connectivity index (χ0) is 18.9. The number of amides is 1. The molecule has 1 N–H and O–H groups in total. The third-order valence-corrected chi connectivity index (χ3v) is 4.09. The molecule has 1 amide bonds. The van der Waals surface area contributed by atoms with Crippen molar-refractivity contribution in [3.05, 3.63) is 54.1 Å². The zero-order valence-electron chi connectivity index (χ0n) is 15.4. The summed E-state index contributed by atoms with van der Waals surface area (Å²) in [5.41, 5.74) is 3.35. The second-order valence-electron chi connectivity index (χ2n) is 6.22. The average Bonchev–Trinajstić information content (AvgIpc) is 2.72. The third kappa shape index (κ3) is 5.48. The largest absolute Gasteiger partial charge is 0.494 e. The monoisotopic (exact) mass is 368 g/mol. The summed E-state index contributed by atoms with van der Waals surface area (Å²) in [5, 5.41) is 3.99. The van der Waals surface area contributed by atoms with Crippen molar-refractivity contribution >= 4 is 12.1 Å². The van der Waals surface area contributed by atoms with Crippen LogP contribution in [0.3, 0.4) is 0 Å². The number of hydrogen-bond acceptors (Lipinski definition) is 5. The second kappa shape index (κ2) is 9.62. The fraction of sp³-hybridized carbons (Fsp3) is 0.333. The maximum Gasteiger partial charge on any atom is 0.284 e. The summed E-state index contributed by atoms with van der Waals surface area (Å²) in [5.74, 6) is 1.68. The number of hydrogen-bond donors (Lipinski definition) is 1. The molecule has 3 rings (SSSR count). The maximum atomic E-state index is 12.2. The van der Waals surface area contributed by atoms with Gasteiger partial charge in [0.25, 0.3) is 5.91 Å². The molecule has 0 spiro atoms. The molecule has 142 valence electrons. The molecule has 0 bridgehead atoms. The Morgan fingerprint density at radius 2 is 1.96 bits per heavy atom. The van der Waals surface area contributed by atoms with Crippen LogP contribution in [0.25, 0.3) is 0 Å². The van der Waals surface area contributed by atoms with Crippen LogP contribution in [0.15, 0.2) is 53.6 Å². The minimum absolute atomic E-state index is 0.155. The van der Waals surface area contributed by atoms with E-state index < -0.39 is 6.10 Å². The molecule has 0 aromatic heterocycles. The van der Waals surface area contributed by atoms with Gasteiger partial charge in [-0.15, -0.1) is 0 Å². The van der Waals surface area contributed by atoms with E-state index in [2.05, 4.69) is 17.5 Å². The van der Waals surface area contributed by atoms with Gasteiger partial charge in [-0.1, -0.05) is 31.9 Å². The lowest BCUT2D eigenvalue weighted by molar-refractivity contribution is -0.130. The second-order valence-corrected chi connectivity index (χ2v) is 6.22. The van der Waals surface area contributed by atoms with E-state index in [9.17, 15) is 4.79 Å². The maximum absolute atomic E-state index is 12.2. The van der Waals surface area contributed by atoms with Crippen molar-refractivity contribution in [2.75, 3.05) is 13.2 Å². The van der Waals surface area contributed by atoms with E-state index in [1.54, 1.807) is 18.3 Å². The predicted octanol–water partition coefficient (Wildman–Crippen LogP) is 3.55. The molecule has 6 nitrogen and oxygen atoms in total. The summed E-state index contributed by atoms with van der Waals surface area (Å²) in [4.78, 5) is 12.2. The predicted molar refractivity (Wildman–Crippen MR) is 104 cm³/mol. The van der Waals surface area contributed by atoms with E-state index in [1.807, 2.05) is 36.4 Å². The van der Waals surface area contributed by atoms with E-state index in [0.717, 1.165) is 24.3 Å². The smallest absolute Gasteiger partial charge is 0.284 e. The van der Waals surface area contributed by atoms with Crippen LogP contribution in [0.1, 0.15) is 31.7 Å². The molecule has 27 heavy (non-hydrogen) atoms. The number of nitrogens with zero attached hydrogens (tertiary/aromatic N) is 1. The van der Waals surface area contributed by atoms with Crippen molar-refractivity contribution < 1.29 is 19.0 Å². The highest BCUT2D eigenvalue weighted by Gasteiger charge is 2.26. The van der Waals surface area contributed by atoms with Crippen molar-refractivity contribution in [2.24, 2.45) is 5.10 Å². The number of carbonyl (C=O) groups excluding carboxylic acids is 1. The lowest BCUT2D eigenvalue weighted by Gasteiger charge is -2.24. The van der Waals surface area contributed by atoms with Crippen LogP contribution >= 0.6 is 0 Å². The van der Waals surface area contributed by atoms with Crippen LogP contribution in [-0.2, 0) is 4.79 Å².